The molecule has 0 atom stereocenters. The van der Waals surface area contributed by atoms with E-state index in [2.05, 4.69) is 0 Å². The molecule has 1 saturated heterocycles. The molecule has 1 heterocycles. The highest BCUT2D eigenvalue weighted by atomic mass is 19.2. The Morgan fingerprint density at radius 1 is 1.57 bits per heavy atom. The molecule has 0 radical (unpaired) electrons. The highest BCUT2D eigenvalue weighted by Gasteiger charge is 2.40. The van der Waals surface area contributed by atoms with Gasteiger partial charge in [-0.25, -0.2) is 4.39 Å². The van der Waals surface area contributed by atoms with Crippen LogP contribution in [0.1, 0.15) is 0 Å². The van der Waals surface area contributed by atoms with Crippen LogP contribution in [0.15, 0.2) is 0 Å². The van der Waals surface area contributed by atoms with Gasteiger partial charge in [-0.05, 0) is 0 Å². The van der Waals surface area contributed by atoms with Crippen molar-refractivity contribution in [3.8, 4) is 0 Å². The molecule has 0 bridgehead atoms. The molecule has 1 rings (SSSR count). The van der Waals surface area contributed by atoms with Gasteiger partial charge in [0.2, 0.25) is 5.85 Å². The summed E-state index contributed by atoms with van der Waals surface area (Å²) < 4.78 is 11.8. The van der Waals surface area contributed by atoms with Gasteiger partial charge in [0.05, 0.1) is 13.1 Å². The quantitative estimate of drug-likeness (QED) is 0.432. The van der Waals surface area contributed by atoms with Crippen LogP contribution in [0.3, 0.4) is 0 Å². The Morgan fingerprint density at radius 3 is 2.00 bits per heavy atom. The van der Waals surface area contributed by atoms with Gasteiger partial charge in [-0.1, -0.05) is 0 Å². The third-order valence-electron chi connectivity index (χ3n) is 0.850. The summed E-state index contributed by atoms with van der Waals surface area (Å²) in [5, 5.41) is 17.1. The van der Waals surface area contributed by atoms with Crippen molar-refractivity contribution in [1.82, 2.24) is 5.06 Å². The van der Waals surface area contributed by atoms with Crippen molar-refractivity contribution in [2.45, 2.75) is 5.85 Å². The zero-order valence-electron chi connectivity index (χ0n) is 3.63. The van der Waals surface area contributed by atoms with Crippen molar-refractivity contribution in [3.63, 3.8) is 0 Å². The first-order valence-electron chi connectivity index (χ1n) is 1.95. The molecule has 0 aliphatic carbocycles. The molecular weight excluding hydrogens is 101 g/mol. The van der Waals surface area contributed by atoms with Crippen molar-refractivity contribution in [1.29, 1.82) is 0 Å². The minimum absolute atomic E-state index is 0.285. The second kappa shape index (κ2) is 1.15. The van der Waals surface area contributed by atoms with E-state index in [0.717, 1.165) is 0 Å². The molecule has 0 aromatic heterocycles. The van der Waals surface area contributed by atoms with Crippen LogP contribution in [0.5, 0.6) is 0 Å². The van der Waals surface area contributed by atoms with Crippen LogP contribution in [0, 0.1) is 0 Å². The number of aliphatic hydroxyl groups is 1. The van der Waals surface area contributed by atoms with E-state index in [-0.39, 0.29) is 13.1 Å². The number of hydrogen-bond acceptors (Lipinski definition) is 3. The number of hydrogen-bond donors (Lipinski definition) is 2. The Kier molecular flexibility index (Phi) is 0.815. The van der Waals surface area contributed by atoms with E-state index < -0.39 is 5.85 Å². The van der Waals surface area contributed by atoms with E-state index in [9.17, 15) is 4.39 Å². The fraction of sp³-hybridized carbons (Fsp3) is 1.00. The van der Waals surface area contributed by atoms with Gasteiger partial charge in [0.25, 0.3) is 0 Å². The number of halogens is 1. The van der Waals surface area contributed by atoms with Gasteiger partial charge < -0.3 is 10.3 Å². The van der Waals surface area contributed by atoms with Gasteiger partial charge in [0, 0.05) is 0 Å². The summed E-state index contributed by atoms with van der Waals surface area (Å²) in [7, 11) is 0. The van der Waals surface area contributed by atoms with Gasteiger partial charge in [-0.3, -0.25) is 0 Å². The van der Waals surface area contributed by atoms with Crippen LogP contribution in [0.25, 0.3) is 0 Å². The monoisotopic (exact) mass is 107 g/mol. The zero-order chi connectivity index (χ0) is 5.49. The van der Waals surface area contributed by atoms with Crippen LogP contribution in [0.4, 0.5) is 4.39 Å². The lowest BCUT2D eigenvalue weighted by molar-refractivity contribution is -0.289. The van der Waals surface area contributed by atoms with E-state index in [1.807, 2.05) is 0 Å². The molecule has 7 heavy (non-hydrogen) atoms. The van der Waals surface area contributed by atoms with Crippen LogP contribution in [-0.4, -0.2) is 34.3 Å². The molecular formula is C3H6FNO2. The third kappa shape index (κ3) is 0.876. The lowest BCUT2D eigenvalue weighted by Gasteiger charge is -2.35. The maximum absolute atomic E-state index is 11.8. The van der Waals surface area contributed by atoms with Gasteiger partial charge in [-0.2, -0.15) is 5.06 Å². The van der Waals surface area contributed by atoms with Crippen LogP contribution in [0.2, 0.25) is 0 Å². The molecule has 42 valence electrons. The van der Waals surface area contributed by atoms with E-state index in [1.165, 1.54) is 0 Å². The summed E-state index contributed by atoms with van der Waals surface area (Å²) >= 11 is 0. The standard InChI is InChI=1S/C3H6FNO2/c4-3(6)1-5(7)2-3/h6-7H,1-2H2. The first-order valence-corrected chi connectivity index (χ1v) is 1.95. The number of alkyl halides is 1. The molecule has 0 saturated carbocycles. The minimum Gasteiger partial charge on any atom is -0.360 e. The Hall–Kier alpha value is -0.190. The molecule has 4 heteroatoms. The summed E-state index contributed by atoms with van der Waals surface area (Å²) in [4.78, 5) is 0. The van der Waals surface area contributed by atoms with Crippen molar-refractivity contribution in [2.75, 3.05) is 13.1 Å². The number of hydroxylamine groups is 2. The highest BCUT2D eigenvalue weighted by molar-refractivity contribution is 4.80. The smallest absolute Gasteiger partial charge is 0.237 e. The van der Waals surface area contributed by atoms with Crippen LogP contribution >= 0.6 is 0 Å². The van der Waals surface area contributed by atoms with Crippen molar-refractivity contribution in [3.05, 3.63) is 0 Å². The Balaban J connectivity index is 2.29. The molecule has 3 nitrogen and oxygen atoms in total. The normalized spacial score (nSPS) is 29.6. The molecule has 0 unspecified atom stereocenters. The molecule has 2 N–H and O–H groups in total. The highest BCUT2D eigenvalue weighted by Crippen LogP contribution is 2.18. The number of nitrogens with zero attached hydrogens (tertiary/aromatic N) is 1. The Morgan fingerprint density at radius 2 is 2.00 bits per heavy atom. The second-order valence-electron chi connectivity index (χ2n) is 1.74. The van der Waals surface area contributed by atoms with Crippen molar-refractivity contribution < 1.29 is 14.7 Å². The average Bonchev–Trinajstić information content (AvgIpc) is 1.27. The first-order chi connectivity index (χ1) is 3.10. The van der Waals surface area contributed by atoms with Gasteiger partial charge >= 0.3 is 0 Å². The summed E-state index contributed by atoms with van der Waals surface area (Å²) in [5.74, 6) is -2.13. The summed E-state index contributed by atoms with van der Waals surface area (Å²) in [6.07, 6.45) is 0. The second-order valence-corrected chi connectivity index (χ2v) is 1.74. The van der Waals surface area contributed by atoms with Crippen molar-refractivity contribution in [2.24, 2.45) is 0 Å². The lowest BCUT2D eigenvalue weighted by Crippen LogP contribution is -2.57. The predicted octanol–water partition coefficient (Wildman–Crippen LogP) is -0.651. The lowest BCUT2D eigenvalue weighted by atomic mass is 10.2. The maximum Gasteiger partial charge on any atom is 0.237 e. The fourth-order valence-electron chi connectivity index (χ4n) is 0.513. The van der Waals surface area contributed by atoms with Gasteiger partial charge in [0.1, 0.15) is 0 Å². The van der Waals surface area contributed by atoms with E-state index >= 15 is 0 Å². The summed E-state index contributed by atoms with van der Waals surface area (Å²) in [6.45, 7) is -0.569. The maximum atomic E-state index is 11.8. The molecule has 0 spiro atoms. The summed E-state index contributed by atoms with van der Waals surface area (Å²) in [6, 6.07) is 0. The van der Waals surface area contributed by atoms with Gasteiger partial charge in [0.15, 0.2) is 0 Å². The predicted molar refractivity (Wildman–Crippen MR) is 19.4 cm³/mol. The van der Waals surface area contributed by atoms with Crippen LogP contribution < -0.4 is 0 Å². The molecule has 1 aliphatic rings. The van der Waals surface area contributed by atoms with Crippen LogP contribution in [-0.2, 0) is 0 Å². The van der Waals surface area contributed by atoms with E-state index in [1.54, 1.807) is 0 Å². The Bertz CT molecular complexity index is 77.0. The largest absolute Gasteiger partial charge is 0.360 e. The topological polar surface area (TPSA) is 43.7 Å². The minimum atomic E-state index is -2.13. The molecule has 0 aromatic rings. The van der Waals surface area contributed by atoms with Gasteiger partial charge in [-0.15, -0.1) is 0 Å². The number of β-amino-alcohol motifs (C(OH)–C–C–N with tert-alkyl or cyclic N) is 1. The molecule has 0 aromatic carbocycles. The fourth-order valence-corrected chi connectivity index (χ4v) is 0.513. The van der Waals surface area contributed by atoms with Crippen molar-refractivity contribution >= 4 is 0 Å². The zero-order valence-corrected chi connectivity index (χ0v) is 3.63. The molecule has 1 aliphatic heterocycles. The summed E-state index contributed by atoms with van der Waals surface area (Å²) in [5.41, 5.74) is 0. The number of rotatable bonds is 0. The average molecular weight is 107 g/mol. The molecule has 0 amide bonds. The SMILES string of the molecule is ON1CC(O)(F)C1. The Labute approximate surface area is 39.9 Å². The molecule has 1 fully saturated rings. The van der Waals surface area contributed by atoms with E-state index in [0.29, 0.717) is 5.06 Å². The third-order valence-corrected chi connectivity index (χ3v) is 0.850. The van der Waals surface area contributed by atoms with E-state index in [4.69, 9.17) is 10.3 Å². The first kappa shape index (κ1) is 4.96.